The predicted molar refractivity (Wildman–Crippen MR) is 77.1 cm³/mol. The van der Waals surface area contributed by atoms with E-state index < -0.39 is 0 Å². The number of carbonyl (C=O) groups excluding carboxylic acids is 1. The average molecular weight is 275 g/mol. The third-order valence-electron chi connectivity index (χ3n) is 2.82. The molecule has 1 aromatic heterocycles. The molecule has 0 bridgehead atoms. The maximum Gasteiger partial charge on any atom is 0.263 e. The third-order valence-corrected chi connectivity index (χ3v) is 3.89. The molecule has 2 aromatic rings. The lowest BCUT2D eigenvalue weighted by molar-refractivity contribution is 0.0954. The number of aryl methyl sites for hydroxylation is 2. The van der Waals surface area contributed by atoms with Gasteiger partial charge in [-0.1, -0.05) is 24.3 Å². The monoisotopic (exact) mass is 275 g/mol. The van der Waals surface area contributed by atoms with Gasteiger partial charge >= 0.3 is 0 Å². The topological polar surface area (TPSA) is 68.0 Å². The van der Waals surface area contributed by atoms with E-state index in [-0.39, 0.29) is 5.91 Å². The first-order valence-electron chi connectivity index (χ1n) is 6.10. The van der Waals surface area contributed by atoms with Crippen molar-refractivity contribution in [2.24, 2.45) is 5.73 Å². The van der Waals surface area contributed by atoms with Gasteiger partial charge in [0.25, 0.3) is 5.91 Å². The molecule has 1 aromatic carbocycles. The molecule has 0 saturated heterocycles. The fourth-order valence-corrected chi connectivity index (χ4v) is 2.63. The molecule has 1 amide bonds. The molecule has 1 heterocycles. The van der Waals surface area contributed by atoms with Gasteiger partial charge in [0.2, 0.25) is 0 Å². The zero-order valence-corrected chi connectivity index (χ0v) is 11.9. The number of nitrogens with two attached hydrogens (primary N) is 1. The van der Waals surface area contributed by atoms with Gasteiger partial charge in [-0.2, -0.15) is 0 Å². The number of amides is 1. The van der Waals surface area contributed by atoms with Crippen molar-refractivity contribution in [2.45, 2.75) is 26.9 Å². The summed E-state index contributed by atoms with van der Waals surface area (Å²) in [5.41, 5.74) is 8.48. The Morgan fingerprint density at radius 1 is 1.26 bits per heavy atom. The highest BCUT2D eigenvalue weighted by Crippen LogP contribution is 2.16. The van der Waals surface area contributed by atoms with E-state index in [9.17, 15) is 4.79 Å². The second-order valence-corrected chi connectivity index (χ2v) is 5.55. The number of hydrogen-bond acceptors (Lipinski definition) is 4. The quantitative estimate of drug-likeness (QED) is 0.898. The predicted octanol–water partition coefficient (Wildman–Crippen LogP) is 2.15. The van der Waals surface area contributed by atoms with Crippen molar-refractivity contribution >= 4 is 17.2 Å². The van der Waals surface area contributed by atoms with Crippen molar-refractivity contribution < 1.29 is 4.79 Å². The van der Waals surface area contributed by atoms with Gasteiger partial charge in [-0.3, -0.25) is 4.79 Å². The zero-order chi connectivity index (χ0) is 13.8. The number of thiazole rings is 1. The first-order valence-corrected chi connectivity index (χ1v) is 6.92. The van der Waals surface area contributed by atoms with Crippen molar-refractivity contribution in [2.75, 3.05) is 0 Å². The minimum absolute atomic E-state index is 0.0639. The number of benzene rings is 1. The number of aromatic nitrogens is 1. The second-order valence-electron chi connectivity index (χ2n) is 4.35. The van der Waals surface area contributed by atoms with E-state index in [1.807, 2.05) is 38.1 Å². The summed E-state index contributed by atoms with van der Waals surface area (Å²) in [6, 6.07) is 7.91. The summed E-state index contributed by atoms with van der Waals surface area (Å²) in [4.78, 5) is 17.0. The van der Waals surface area contributed by atoms with Crippen LogP contribution in [-0.2, 0) is 13.1 Å². The van der Waals surface area contributed by atoms with Crippen LogP contribution in [0.5, 0.6) is 0 Å². The van der Waals surface area contributed by atoms with E-state index in [1.54, 1.807) is 0 Å². The van der Waals surface area contributed by atoms with Gasteiger partial charge in [-0.25, -0.2) is 4.98 Å². The molecule has 4 nitrogen and oxygen atoms in total. The van der Waals surface area contributed by atoms with Crippen molar-refractivity contribution in [3.63, 3.8) is 0 Å². The highest BCUT2D eigenvalue weighted by molar-refractivity contribution is 7.13. The number of nitrogens with one attached hydrogen (secondary N) is 1. The molecular weight excluding hydrogens is 258 g/mol. The maximum atomic E-state index is 12.0. The van der Waals surface area contributed by atoms with Crippen LogP contribution in [0.3, 0.4) is 0 Å². The standard InChI is InChI=1S/C14H17N3OS/c1-9-13(19-10(2)17-9)14(18)16-8-12-5-3-11(7-15)4-6-12/h3-6H,7-8,15H2,1-2H3,(H,16,18). The van der Waals surface area contributed by atoms with Gasteiger partial charge in [0.05, 0.1) is 10.7 Å². The summed E-state index contributed by atoms with van der Waals surface area (Å²) >= 11 is 1.42. The molecule has 0 atom stereocenters. The molecule has 2 rings (SSSR count). The highest BCUT2D eigenvalue weighted by Gasteiger charge is 2.13. The normalized spacial score (nSPS) is 10.5. The van der Waals surface area contributed by atoms with Crippen LogP contribution in [0.15, 0.2) is 24.3 Å². The first kappa shape index (κ1) is 13.7. The number of carbonyl (C=O) groups is 1. The molecule has 0 fully saturated rings. The zero-order valence-electron chi connectivity index (χ0n) is 11.1. The Labute approximate surface area is 116 Å². The molecule has 0 saturated carbocycles. The highest BCUT2D eigenvalue weighted by atomic mass is 32.1. The Morgan fingerprint density at radius 2 is 1.89 bits per heavy atom. The summed E-state index contributed by atoms with van der Waals surface area (Å²) in [6.07, 6.45) is 0. The Hall–Kier alpha value is -1.72. The molecule has 0 aliphatic carbocycles. The second kappa shape index (κ2) is 5.95. The molecule has 0 unspecified atom stereocenters. The minimum Gasteiger partial charge on any atom is -0.347 e. The van der Waals surface area contributed by atoms with E-state index in [2.05, 4.69) is 10.3 Å². The maximum absolute atomic E-state index is 12.0. The van der Waals surface area contributed by atoms with Crippen LogP contribution < -0.4 is 11.1 Å². The van der Waals surface area contributed by atoms with Crippen LogP contribution in [0.1, 0.15) is 31.5 Å². The molecule has 19 heavy (non-hydrogen) atoms. The lowest BCUT2D eigenvalue weighted by Crippen LogP contribution is -2.22. The van der Waals surface area contributed by atoms with E-state index in [0.29, 0.717) is 18.0 Å². The van der Waals surface area contributed by atoms with Crippen LogP contribution >= 0.6 is 11.3 Å². The first-order chi connectivity index (χ1) is 9.10. The summed E-state index contributed by atoms with van der Waals surface area (Å²) in [7, 11) is 0. The Kier molecular flexibility index (Phi) is 4.29. The number of rotatable bonds is 4. The van der Waals surface area contributed by atoms with Gasteiger partial charge in [-0.05, 0) is 25.0 Å². The Bertz CT molecular complexity index is 575. The molecule has 0 aliphatic rings. The fraction of sp³-hybridized carbons (Fsp3) is 0.286. The Balaban J connectivity index is 1.98. The average Bonchev–Trinajstić information content (AvgIpc) is 2.75. The van der Waals surface area contributed by atoms with Crippen LogP contribution in [0.2, 0.25) is 0 Å². The summed E-state index contributed by atoms with van der Waals surface area (Å²) in [5.74, 6) is -0.0639. The van der Waals surface area contributed by atoms with Crippen molar-refractivity contribution in [3.05, 3.63) is 51.0 Å². The van der Waals surface area contributed by atoms with E-state index in [4.69, 9.17) is 5.73 Å². The van der Waals surface area contributed by atoms with Gasteiger partial charge < -0.3 is 11.1 Å². The van der Waals surface area contributed by atoms with Crippen molar-refractivity contribution in [1.29, 1.82) is 0 Å². The molecule has 5 heteroatoms. The molecule has 3 N–H and O–H groups in total. The van der Waals surface area contributed by atoms with Gasteiger partial charge in [-0.15, -0.1) is 11.3 Å². The van der Waals surface area contributed by atoms with Crippen molar-refractivity contribution in [1.82, 2.24) is 10.3 Å². The van der Waals surface area contributed by atoms with Crippen molar-refractivity contribution in [3.8, 4) is 0 Å². The third kappa shape index (κ3) is 3.39. The van der Waals surface area contributed by atoms with Crippen LogP contribution in [0.4, 0.5) is 0 Å². The van der Waals surface area contributed by atoms with Gasteiger partial charge in [0, 0.05) is 13.1 Å². The number of nitrogens with zero attached hydrogens (tertiary/aromatic N) is 1. The van der Waals surface area contributed by atoms with E-state index in [1.165, 1.54) is 11.3 Å². The van der Waals surface area contributed by atoms with Crippen LogP contribution in [0.25, 0.3) is 0 Å². The fourth-order valence-electron chi connectivity index (χ4n) is 1.80. The molecular formula is C14H17N3OS. The molecule has 0 aliphatic heterocycles. The molecule has 0 spiro atoms. The molecule has 100 valence electrons. The van der Waals surface area contributed by atoms with Gasteiger partial charge in [0.1, 0.15) is 4.88 Å². The molecule has 0 radical (unpaired) electrons. The Morgan fingerprint density at radius 3 is 2.42 bits per heavy atom. The minimum atomic E-state index is -0.0639. The lowest BCUT2D eigenvalue weighted by atomic mass is 10.1. The largest absolute Gasteiger partial charge is 0.347 e. The van der Waals surface area contributed by atoms with E-state index >= 15 is 0 Å². The summed E-state index contributed by atoms with van der Waals surface area (Å²) in [5, 5.41) is 3.82. The lowest BCUT2D eigenvalue weighted by Gasteiger charge is -2.05. The smallest absolute Gasteiger partial charge is 0.263 e. The van der Waals surface area contributed by atoms with E-state index in [0.717, 1.165) is 21.8 Å². The summed E-state index contributed by atoms with van der Waals surface area (Å²) in [6.45, 7) is 4.81. The number of hydrogen-bond donors (Lipinski definition) is 2. The van der Waals surface area contributed by atoms with Gasteiger partial charge in [0.15, 0.2) is 0 Å². The summed E-state index contributed by atoms with van der Waals surface area (Å²) < 4.78 is 0. The van der Waals surface area contributed by atoms with Crippen LogP contribution in [-0.4, -0.2) is 10.9 Å². The van der Waals surface area contributed by atoms with Crippen LogP contribution in [0, 0.1) is 13.8 Å². The SMILES string of the molecule is Cc1nc(C)c(C(=O)NCc2ccc(CN)cc2)s1.